The van der Waals surface area contributed by atoms with Gasteiger partial charge in [0, 0.05) is 38.6 Å². The molecule has 0 N–H and O–H groups in total. The Kier molecular flexibility index (Phi) is 6.85. The lowest BCUT2D eigenvalue weighted by atomic mass is 10.0. The van der Waals surface area contributed by atoms with E-state index in [1.165, 1.54) is 0 Å². The third-order valence-corrected chi connectivity index (χ3v) is 9.36. The molecule has 0 bridgehead atoms. The Hall–Kier alpha value is -7.59. The fraction of sp³-hybridized carbons (Fsp3) is 0. The highest BCUT2D eigenvalue weighted by Gasteiger charge is 2.15. The van der Waals surface area contributed by atoms with Crippen LogP contribution in [0.3, 0.4) is 0 Å². The average Bonchev–Trinajstić information content (AvgIpc) is 3.75. The molecule has 236 valence electrons. The standard InChI is InChI=1S/C45H24N4O2/c1-48-34-11-21-41-40-20-10-33(24-44(40)51-45(41)25-34)31-7-16-37(17-8-31)49(35-12-2-28(26-46)3-13-35)36-14-5-30(6-15-36)32-9-19-39-38-18-4-29(27-47)22-42(38)50-43(39)23-32/h2-25H. The number of benzene rings is 7. The molecule has 2 aromatic heterocycles. The van der Waals surface area contributed by atoms with E-state index in [2.05, 4.69) is 94.7 Å². The van der Waals surface area contributed by atoms with Gasteiger partial charge >= 0.3 is 0 Å². The number of hydrogen-bond donors (Lipinski definition) is 0. The predicted molar refractivity (Wildman–Crippen MR) is 202 cm³/mol. The third-order valence-electron chi connectivity index (χ3n) is 9.36. The van der Waals surface area contributed by atoms with Gasteiger partial charge in [-0.1, -0.05) is 48.5 Å². The molecule has 0 aliphatic heterocycles. The Bertz CT molecular complexity index is 2760. The second kappa shape index (κ2) is 11.8. The first-order valence-corrected chi connectivity index (χ1v) is 16.3. The predicted octanol–water partition coefficient (Wildman–Crippen LogP) is 12.6. The monoisotopic (exact) mass is 652 g/mol. The minimum atomic E-state index is 0.555. The molecule has 0 spiro atoms. The van der Waals surface area contributed by atoms with Gasteiger partial charge in [0.2, 0.25) is 0 Å². The molecule has 0 saturated heterocycles. The van der Waals surface area contributed by atoms with Crippen molar-refractivity contribution in [3.8, 4) is 34.4 Å². The Balaban J connectivity index is 1.06. The highest BCUT2D eigenvalue weighted by atomic mass is 16.3. The van der Waals surface area contributed by atoms with E-state index in [-0.39, 0.29) is 0 Å². The molecular formula is C45H24N4O2. The summed E-state index contributed by atoms with van der Waals surface area (Å²) in [7, 11) is 0. The summed E-state index contributed by atoms with van der Waals surface area (Å²) in [6, 6.07) is 52.3. The van der Waals surface area contributed by atoms with Gasteiger partial charge in [-0.25, -0.2) is 4.85 Å². The largest absolute Gasteiger partial charge is 0.457 e. The van der Waals surface area contributed by atoms with Gasteiger partial charge in [0.15, 0.2) is 5.69 Å². The van der Waals surface area contributed by atoms with Crippen molar-refractivity contribution in [2.24, 2.45) is 0 Å². The fourth-order valence-corrected chi connectivity index (χ4v) is 6.78. The Labute approximate surface area is 292 Å². The van der Waals surface area contributed by atoms with Crippen molar-refractivity contribution in [3.63, 3.8) is 0 Å². The summed E-state index contributed by atoms with van der Waals surface area (Å²) in [6.45, 7) is 7.33. The zero-order valence-corrected chi connectivity index (χ0v) is 27.0. The molecule has 0 saturated carbocycles. The number of nitrogens with zero attached hydrogens (tertiary/aromatic N) is 4. The summed E-state index contributed by atoms with van der Waals surface area (Å²) in [5.74, 6) is 0. The SMILES string of the molecule is [C-]#[N+]c1ccc2c(c1)oc1cc(-c3ccc(N(c4ccc(C#N)cc4)c4ccc(-c5ccc6c(c5)oc5cc(C#N)ccc56)cc4)cc3)ccc12. The number of anilines is 3. The van der Waals surface area contributed by atoms with Crippen LogP contribution in [0.1, 0.15) is 11.1 Å². The molecule has 0 amide bonds. The van der Waals surface area contributed by atoms with E-state index >= 15 is 0 Å². The highest BCUT2D eigenvalue weighted by molar-refractivity contribution is 6.07. The van der Waals surface area contributed by atoms with Crippen molar-refractivity contribution in [1.29, 1.82) is 10.5 Å². The van der Waals surface area contributed by atoms with E-state index in [1.54, 1.807) is 12.1 Å². The number of rotatable bonds is 5. The first kappa shape index (κ1) is 29.5. The second-order valence-electron chi connectivity index (χ2n) is 12.3. The number of hydrogen-bond acceptors (Lipinski definition) is 5. The lowest BCUT2D eigenvalue weighted by Gasteiger charge is -2.26. The second-order valence-corrected chi connectivity index (χ2v) is 12.3. The van der Waals surface area contributed by atoms with Crippen LogP contribution in [0.2, 0.25) is 0 Å². The zero-order chi connectivity index (χ0) is 34.5. The number of fused-ring (bicyclic) bond motifs is 6. The smallest absolute Gasteiger partial charge is 0.190 e. The topological polar surface area (TPSA) is 81.5 Å². The molecule has 6 nitrogen and oxygen atoms in total. The molecule has 0 radical (unpaired) electrons. The molecule has 51 heavy (non-hydrogen) atoms. The summed E-state index contributed by atoms with van der Waals surface area (Å²) in [5.41, 5.74) is 11.7. The van der Waals surface area contributed by atoms with E-state index in [9.17, 15) is 10.5 Å². The van der Waals surface area contributed by atoms with Crippen LogP contribution in [0.4, 0.5) is 22.7 Å². The van der Waals surface area contributed by atoms with Gasteiger partial charge in [-0.15, -0.1) is 0 Å². The summed E-state index contributed by atoms with van der Waals surface area (Å²) in [5, 5.41) is 22.8. The first-order valence-electron chi connectivity index (χ1n) is 16.3. The fourth-order valence-electron chi connectivity index (χ4n) is 6.78. The van der Waals surface area contributed by atoms with E-state index in [1.807, 2.05) is 60.7 Å². The van der Waals surface area contributed by atoms with Crippen LogP contribution in [-0.2, 0) is 0 Å². The molecule has 2 heterocycles. The maximum absolute atomic E-state index is 9.44. The summed E-state index contributed by atoms with van der Waals surface area (Å²) in [6.07, 6.45) is 0. The van der Waals surface area contributed by atoms with Crippen molar-refractivity contribution in [2.45, 2.75) is 0 Å². The lowest BCUT2D eigenvalue weighted by Crippen LogP contribution is -2.09. The van der Waals surface area contributed by atoms with Crippen LogP contribution in [0.25, 0.3) is 71.0 Å². The van der Waals surface area contributed by atoms with E-state index in [0.717, 1.165) is 72.0 Å². The molecule has 9 aromatic rings. The van der Waals surface area contributed by atoms with Crippen molar-refractivity contribution in [1.82, 2.24) is 0 Å². The van der Waals surface area contributed by atoms with E-state index < -0.39 is 0 Å². The first-order chi connectivity index (χ1) is 25.1. The number of nitriles is 2. The molecular weight excluding hydrogens is 629 g/mol. The highest BCUT2D eigenvalue weighted by Crippen LogP contribution is 2.39. The van der Waals surface area contributed by atoms with Crippen molar-refractivity contribution in [3.05, 3.63) is 168 Å². The molecule has 9 rings (SSSR count). The average molecular weight is 653 g/mol. The lowest BCUT2D eigenvalue weighted by molar-refractivity contribution is 0.668. The molecule has 7 aromatic carbocycles. The van der Waals surface area contributed by atoms with Crippen LogP contribution in [0.15, 0.2) is 154 Å². The number of furan rings is 2. The van der Waals surface area contributed by atoms with Crippen LogP contribution < -0.4 is 4.90 Å². The van der Waals surface area contributed by atoms with Crippen LogP contribution in [-0.4, -0.2) is 0 Å². The van der Waals surface area contributed by atoms with Crippen LogP contribution >= 0.6 is 0 Å². The van der Waals surface area contributed by atoms with Crippen LogP contribution in [0, 0.1) is 29.2 Å². The summed E-state index contributed by atoms with van der Waals surface area (Å²) < 4.78 is 12.3. The van der Waals surface area contributed by atoms with Gasteiger partial charge in [-0.05, 0) is 119 Å². The van der Waals surface area contributed by atoms with Crippen molar-refractivity contribution >= 4 is 66.6 Å². The molecule has 0 unspecified atom stereocenters. The molecule has 0 aliphatic carbocycles. The van der Waals surface area contributed by atoms with Gasteiger partial charge in [-0.2, -0.15) is 10.5 Å². The van der Waals surface area contributed by atoms with Gasteiger partial charge in [0.05, 0.1) is 29.8 Å². The molecule has 6 heteroatoms. The third kappa shape index (κ3) is 5.11. The van der Waals surface area contributed by atoms with Gasteiger partial charge < -0.3 is 13.7 Å². The minimum Gasteiger partial charge on any atom is -0.457 e. The maximum Gasteiger partial charge on any atom is 0.190 e. The minimum absolute atomic E-state index is 0.555. The zero-order valence-electron chi connectivity index (χ0n) is 27.0. The molecule has 0 aliphatic rings. The Morgan fingerprint density at radius 3 is 1.31 bits per heavy atom. The maximum atomic E-state index is 9.44. The van der Waals surface area contributed by atoms with Crippen molar-refractivity contribution in [2.75, 3.05) is 4.90 Å². The Morgan fingerprint density at radius 2 is 0.824 bits per heavy atom. The van der Waals surface area contributed by atoms with E-state index in [0.29, 0.717) is 28.0 Å². The van der Waals surface area contributed by atoms with Gasteiger partial charge in [0.25, 0.3) is 0 Å². The van der Waals surface area contributed by atoms with Gasteiger partial charge in [0.1, 0.15) is 22.3 Å². The van der Waals surface area contributed by atoms with Crippen LogP contribution in [0.5, 0.6) is 0 Å². The van der Waals surface area contributed by atoms with E-state index in [4.69, 9.17) is 15.4 Å². The summed E-state index contributed by atoms with van der Waals surface area (Å²) >= 11 is 0. The normalized spacial score (nSPS) is 11.1. The molecule has 0 atom stereocenters. The quantitative estimate of drug-likeness (QED) is 0.173. The summed E-state index contributed by atoms with van der Waals surface area (Å²) in [4.78, 5) is 5.70. The molecule has 0 fully saturated rings. The Morgan fingerprint density at radius 1 is 0.431 bits per heavy atom. The van der Waals surface area contributed by atoms with Crippen molar-refractivity contribution < 1.29 is 8.83 Å². The van der Waals surface area contributed by atoms with Gasteiger partial charge in [-0.3, -0.25) is 0 Å².